The molecule has 1 aromatic rings. The molecule has 0 aliphatic carbocycles. The first-order chi connectivity index (χ1) is 66.5. The van der Waals surface area contributed by atoms with Gasteiger partial charge in [0, 0.05) is 88.0 Å². The number of nitrogens with one attached hydrogen (secondary N) is 19. The molecule has 6 fully saturated rings. The van der Waals surface area contributed by atoms with Crippen LogP contribution in [0.1, 0.15) is 208 Å². The Hall–Kier alpha value is -11.9. The quantitative estimate of drug-likeness (QED) is 0.0125. The molecule has 782 valence electrons. The molecule has 1 aromatic heterocycles. The normalized spacial score (nSPS) is 20.9. The molecule has 6 aliphatic heterocycles. The minimum atomic E-state index is -1.81. The van der Waals surface area contributed by atoms with Crippen molar-refractivity contribution in [2.75, 3.05) is 70.1 Å². The minimum Gasteiger partial charge on any atom is -0.391 e. The van der Waals surface area contributed by atoms with Gasteiger partial charge in [0.1, 0.15) is 90.6 Å². The number of carbonyl (C=O) groups is 19. The molecule has 0 bridgehead atoms. The number of unbranched alkanes of at least 4 members (excludes halogenated alkanes) is 3. The number of urea groups is 1. The van der Waals surface area contributed by atoms with Crippen molar-refractivity contribution >= 4 is 148 Å². The van der Waals surface area contributed by atoms with Crippen LogP contribution in [0.5, 0.6) is 0 Å². The lowest BCUT2D eigenvalue weighted by Gasteiger charge is -2.33. The number of thioether (sulfide) groups is 2. The van der Waals surface area contributed by atoms with E-state index in [1.165, 1.54) is 71.6 Å². The van der Waals surface area contributed by atoms with Crippen molar-refractivity contribution in [3.63, 3.8) is 0 Å². The highest BCUT2D eigenvalue weighted by molar-refractivity contribution is 8.00. The summed E-state index contributed by atoms with van der Waals surface area (Å²) in [6.45, 7) is 9.47. The maximum absolute atomic E-state index is 15.2. The van der Waals surface area contributed by atoms with Crippen LogP contribution in [0.2, 0.25) is 0 Å². The van der Waals surface area contributed by atoms with Crippen molar-refractivity contribution in [1.82, 2.24) is 115 Å². The Morgan fingerprint density at radius 1 is 0.486 bits per heavy atom. The molecular weight excluding hydrogens is 1860 g/mol. The summed E-state index contributed by atoms with van der Waals surface area (Å²) < 4.78 is 0. The average molecular weight is 2010 g/mol. The van der Waals surface area contributed by atoms with E-state index >= 15 is 4.79 Å². The number of rotatable bonds is 59. The summed E-state index contributed by atoms with van der Waals surface area (Å²) in [5.41, 5.74) is 34.3. The first kappa shape index (κ1) is 115. The van der Waals surface area contributed by atoms with E-state index in [-0.39, 0.29) is 177 Å². The van der Waals surface area contributed by atoms with Gasteiger partial charge >= 0.3 is 6.03 Å². The Balaban J connectivity index is 0.956. The maximum Gasteiger partial charge on any atom is 0.315 e. The van der Waals surface area contributed by atoms with Gasteiger partial charge in [-0.25, -0.2) is 9.78 Å². The zero-order chi connectivity index (χ0) is 103. The van der Waals surface area contributed by atoms with Crippen molar-refractivity contribution < 1.29 is 96.2 Å². The summed E-state index contributed by atoms with van der Waals surface area (Å²) in [4.78, 5) is 277. The standard InChI is InChI=1S/C88H148N30O20S2/c1-46(2)67(112-75(127)55(32-41-139-7)107-81(133)68(50(6)119)113-74(126)54(23-15-36-100-87(95)96)106-78(130)61-25-16-37-115(61)82(134)49(5)103-73(125)53(105-71(123)47(3)90)22-14-35-99-86(93)94)80(132)110-58(42-51-43-97-45-101-51)85(137)118-40-19-27-63(118)79(131)109-56(21-10-12-33-89)83(135)116-38-17-24-60(116)76(128)102-48(4)72(124)108-57(30-31-65(91)120)84(136)117-39-18-26-62(117)77(129)104-52(70(92)122)20-11-13-34-98-66(121)29-9-8-28-64-69-59(44-140-64)111-88(138)114-69/h43,45-50,52-64,67-69,119H,8-42,44,89-90H2,1-7H3,(H2,91,120)(H2,92,122)(H,97,101)(H,98,121)(H,102,128)(H,103,125)(H,104,129)(H,105,123)(H,106,130)(H,107,133)(H,108,124)(H,109,131)(H,110,132)(H,112,127)(H,113,126)(H4,93,94,99)(H4,95,96,100)(H2,111,114,138)/t47-,48-,49-,50+,52-,53-,54-,55-,56-,57-,58-,59-,60-,61-,62-,63-,64-,67-,68-,69-/m0/s1. The van der Waals surface area contributed by atoms with Gasteiger partial charge in [0.15, 0.2) is 11.9 Å². The van der Waals surface area contributed by atoms with Crippen molar-refractivity contribution in [2.45, 2.75) is 329 Å². The Kier molecular flexibility index (Phi) is 47.4. The zero-order valence-corrected chi connectivity index (χ0v) is 82.6. The highest BCUT2D eigenvalue weighted by atomic mass is 32.2. The van der Waals surface area contributed by atoms with Gasteiger partial charge in [-0.1, -0.05) is 20.3 Å². The van der Waals surface area contributed by atoms with Crippen LogP contribution in [0, 0.1) is 16.7 Å². The van der Waals surface area contributed by atoms with Gasteiger partial charge in [-0.3, -0.25) is 97.1 Å². The molecule has 7 heterocycles. The van der Waals surface area contributed by atoms with E-state index < -0.39 is 215 Å². The van der Waals surface area contributed by atoms with Gasteiger partial charge in [-0.2, -0.15) is 23.5 Å². The average Bonchev–Trinajstić information content (AvgIpc) is 1.66. The first-order valence-electron chi connectivity index (χ1n) is 48.4. The molecule has 140 heavy (non-hydrogen) atoms. The van der Waals surface area contributed by atoms with Crippen LogP contribution < -0.4 is 119 Å². The Labute approximate surface area is 822 Å². The maximum atomic E-state index is 15.2. The number of aromatic amines is 1. The molecule has 6 saturated heterocycles. The number of hydrogen-bond donors (Lipinski definition) is 26. The summed E-state index contributed by atoms with van der Waals surface area (Å²) in [5, 5.41) is 69.8. The number of aliphatic hydroxyl groups is 1. The van der Waals surface area contributed by atoms with Crippen LogP contribution in [0.3, 0.4) is 0 Å². The van der Waals surface area contributed by atoms with Crippen molar-refractivity contribution in [3.05, 3.63) is 18.2 Å². The fraction of sp³-hybridized carbons (Fsp3) is 0.727. The van der Waals surface area contributed by atoms with Gasteiger partial charge in [0.2, 0.25) is 106 Å². The molecule has 6 aliphatic rings. The number of amides is 20. The summed E-state index contributed by atoms with van der Waals surface area (Å²) in [6, 6.07) is -20.9. The molecule has 0 radical (unpaired) electrons. The molecule has 20 atom stereocenters. The number of aromatic nitrogens is 2. The summed E-state index contributed by atoms with van der Waals surface area (Å²) in [5.74, 6) is -14.0. The molecule has 20 amide bonds. The Morgan fingerprint density at radius 3 is 1.46 bits per heavy atom. The van der Waals surface area contributed by atoms with E-state index in [1.54, 1.807) is 20.1 Å². The van der Waals surface area contributed by atoms with E-state index in [1.807, 2.05) is 11.8 Å². The topological polar surface area (TPSA) is 783 Å². The highest BCUT2D eigenvalue weighted by Crippen LogP contribution is 2.34. The predicted molar refractivity (Wildman–Crippen MR) is 517 cm³/mol. The molecule has 32 N–H and O–H groups in total. The highest BCUT2D eigenvalue weighted by Gasteiger charge is 2.48. The van der Waals surface area contributed by atoms with Crippen LogP contribution in [0.15, 0.2) is 12.5 Å². The first-order valence-corrected chi connectivity index (χ1v) is 50.8. The summed E-state index contributed by atoms with van der Waals surface area (Å²) in [7, 11) is 0. The van der Waals surface area contributed by atoms with E-state index in [2.05, 4.69) is 95.0 Å². The lowest BCUT2D eigenvalue weighted by molar-refractivity contribution is -0.145. The number of nitrogens with two attached hydrogens (primary N) is 6. The number of imidazole rings is 1. The smallest absolute Gasteiger partial charge is 0.315 e. The monoisotopic (exact) mass is 2010 g/mol. The van der Waals surface area contributed by atoms with E-state index in [9.17, 15) is 91.4 Å². The second-order valence-electron chi connectivity index (χ2n) is 36.8. The van der Waals surface area contributed by atoms with Crippen LogP contribution in [-0.4, -0.2) is 349 Å². The summed E-state index contributed by atoms with van der Waals surface area (Å²) >= 11 is 3.11. The number of hydrogen-bond acceptors (Lipinski definition) is 27. The van der Waals surface area contributed by atoms with E-state index in [0.29, 0.717) is 76.4 Å². The minimum absolute atomic E-state index is 0.00723. The number of aliphatic hydroxyl groups excluding tert-OH is 1. The second kappa shape index (κ2) is 57.7. The van der Waals surface area contributed by atoms with Crippen molar-refractivity contribution in [1.29, 1.82) is 10.8 Å². The molecular formula is C88H148N30O20S2. The third-order valence-electron chi connectivity index (χ3n) is 25.5. The number of guanidine groups is 2. The number of likely N-dealkylation sites (tertiary alicyclic amines) is 4. The van der Waals surface area contributed by atoms with Gasteiger partial charge in [-0.05, 0) is 193 Å². The fourth-order valence-corrected chi connectivity index (χ4v) is 19.8. The third-order valence-corrected chi connectivity index (χ3v) is 27.6. The number of primary amides is 2. The molecule has 0 unspecified atom stereocenters. The lowest BCUT2D eigenvalue weighted by atomic mass is 10.0. The fourth-order valence-electron chi connectivity index (χ4n) is 17.7. The molecule has 0 aromatic carbocycles. The van der Waals surface area contributed by atoms with Crippen molar-refractivity contribution in [2.24, 2.45) is 40.3 Å². The van der Waals surface area contributed by atoms with Gasteiger partial charge in [0.05, 0.1) is 30.6 Å². The Morgan fingerprint density at radius 2 is 0.943 bits per heavy atom. The van der Waals surface area contributed by atoms with Crippen LogP contribution in [-0.2, 0) is 92.7 Å². The zero-order valence-electron chi connectivity index (χ0n) is 81.0. The van der Waals surface area contributed by atoms with Crippen LogP contribution in [0.4, 0.5) is 4.79 Å². The number of H-pyrrole nitrogens is 1. The van der Waals surface area contributed by atoms with Crippen molar-refractivity contribution in [3.8, 4) is 0 Å². The molecule has 7 rings (SSSR count). The van der Waals surface area contributed by atoms with Crippen LogP contribution in [0.25, 0.3) is 0 Å². The van der Waals surface area contributed by atoms with E-state index in [4.69, 9.17) is 45.2 Å². The van der Waals surface area contributed by atoms with Gasteiger partial charge in [-0.15, -0.1) is 0 Å². The third kappa shape index (κ3) is 35.7. The second-order valence-corrected chi connectivity index (χ2v) is 39.1. The molecule has 0 spiro atoms. The van der Waals surface area contributed by atoms with Gasteiger partial charge in [0.25, 0.3) is 0 Å². The number of nitrogens with zero attached hydrogens (tertiary/aromatic N) is 5. The predicted octanol–water partition coefficient (Wildman–Crippen LogP) is -7.16. The molecule has 0 saturated carbocycles. The number of carbonyl (C=O) groups excluding carboxylic acids is 19. The SMILES string of the molecule is CSCC[C@H](NC(=O)[C@@H](NC(=O)[C@H](CCCNC(=N)N)NC(=O)[C@@H]1CCCN1C(=O)[C@H](C)NC(=O)[C@H](CCCNC(=N)N)NC(=O)[C@H](C)N)[C@@H](C)O)C(=O)N[C@H](C(=O)N[C@@H](Cc1cnc[nH]1)C(=O)N1CCC[C@H]1C(=O)N[C@@H](CCCCN)C(=O)N1CCC[C@H]1C(=O)N[C@@H](C)C(=O)N[C@@H](CCC(N)=O)C(=O)N1CCC[C@H]1C(=O)N[C@@H](CCCCNC(=O)CCCC[C@@H]1SC[C@@H]2NC(=O)N[C@@H]21)C(N)=O)C(C)C. The largest absolute Gasteiger partial charge is 0.391 e. The number of fused-ring (bicyclic) bond motifs is 1. The summed E-state index contributed by atoms with van der Waals surface area (Å²) in [6.07, 6.45) is 8.35. The molecule has 50 nitrogen and oxygen atoms in total. The van der Waals surface area contributed by atoms with Crippen LogP contribution >= 0.6 is 23.5 Å². The van der Waals surface area contributed by atoms with Gasteiger partial charge < -0.3 is 149 Å². The van der Waals surface area contributed by atoms with E-state index in [0.717, 1.165) is 18.6 Å². The lowest BCUT2D eigenvalue weighted by Crippen LogP contribution is -2.62. The Bertz CT molecular complexity index is 4460. The molecule has 52 heteroatoms.